The van der Waals surface area contributed by atoms with Crippen LogP contribution in [0.4, 0.5) is 18.4 Å². The molecular formula is C52H60F2N8O7. The van der Waals surface area contributed by atoms with E-state index in [0.29, 0.717) is 51.7 Å². The summed E-state index contributed by atoms with van der Waals surface area (Å²) < 4.78 is 43.0. The largest absolute Gasteiger partial charge is 0.453 e. The Bertz CT molecular complexity index is 2850. The van der Waals surface area contributed by atoms with Gasteiger partial charge in [-0.15, -0.1) is 0 Å². The lowest BCUT2D eigenvalue weighted by Crippen LogP contribution is -2.54. The van der Waals surface area contributed by atoms with E-state index in [4.69, 9.17) is 19.4 Å². The molecule has 15 nitrogen and oxygen atoms in total. The number of nitrogens with one attached hydrogen (secondary N) is 4. The number of likely N-dealkylation sites (tertiary alicyclic amines) is 2. The number of hydrogen-bond donors (Lipinski definition) is 4. The summed E-state index contributed by atoms with van der Waals surface area (Å²) in [5.41, 5.74) is 4.68. The summed E-state index contributed by atoms with van der Waals surface area (Å²) in [6, 6.07) is 13.8. The van der Waals surface area contributed by atoms with Crippen molar-refractivity contribution >= 4 is 40.8 Å². The second-order valence-corrected chi connectivity index (χ2v) is 20.4. The minimum absolute atomic E-state index is 0.0102. The molecular weight excluding hydrogens is 887 g/mol. The number of methoxy groups -OCH3 is 2. The first-order valence-corrected chi connectivity index (χ1v) is 23.8. The van der Waals surface area contributed by atoms with Crippen LogP contribution in [0.2, 0.25) is 0 Å². The lowest BCUT2D eigenvalue weighted by molar-refractivity contribution is -0.139. The molecule has 69 heavy (non-hydrogen) atoms. The molecule has 4 N–H and O–H groups in total. The Morgan fingerprint density at radius 1 is 0.768 bits per heavy atom. The van der Waals surface area contributed by atoms with Crippen LogP contribution in [-0.4, -0.2) is 98.4 Å². The van der Waals surface area contributed by atoms with Gasteiger partial charge in [0.15, 0.2) is 0 Å². The van der Waals surface area contributed by atoms with E-state index >= 15 is 8.78 Å². The molecule has 2 bridgehead atoms. The van der Waals surface area contributed by atoms with Gasteiger partial charge in [-0.25, -0.2) is 19.6 Å². The molecule has 6 atom stereocenters. The van der Waals surface area contributed by atoms with Gasteiger partial charge < -0.3 is 44.7 Å². The monoisotopic (exact) mass is 946 g/mol. The van der Waals surface area contributed by atoms with Crippen LogP contribution in [0.15, 0.2) is 60.8 Å². The van der Waals surface area contributed by atoms with Crippen molar-refractivity contribution in [3.05, 3.63) is 83.6 Å². The number of aromatic nitrogens is 4. The number of ketones is 1. The van der Waals surface area contributed by atoms with Gasteiger partial charge in [-0.2, -0.15) is 8.78 Å². The molecule has 3 aliphatic carbocycles. The molecule has 2 aliphatic heterocycles. The number of carbonyl (C=O) groups is 5. The Labute approximate surface area is 399 Å². The zero-order valence-corrected chi connectivity index (χ0v) is 40.2. The van der Waals surface area contributed by atoms with Crippen molar-refractivity contribution in [1.29, 1.82) is 0 Å². The maximum absolute atomic E-state index is 16.7. The summed E-state index contributed by atoms with van der Waals surface area (Å²) in [4.78, 5) is 82.0. The lowest BCUT2D eigenvalue weighted by atomic mass is 9.95. The van der Waals surface area contributed by atoms with Gasteiger partial charge in [0.05, 0.1) is 49.2 Å². The number of carbonyl (C=O) groups excluding carboxylic acids is 5. The van der Waals surface area contributed by atoms with Crippen LogP contribution < -0.4 is 10.6 Å². The van der Waals surface area contributed by atoms with Crippen molar-refractivity contribution < 1.29 is 42.2 Å². The van der Waals surface area contributed by atoms with Gasteiger partial charge in [0.1, 0.15) is 29.5 Å². The average Bonchev–Trinajstić information content (AvgIpc) is 3.98. The summed E-state index contributed by atoms with van der Waals surface area (Å²) in [7, 11) is 2.54. The number of nitrogens with zero attached hydrogens (tertiary/aromatic N) is 4. The number of benzene rings is 3. The maximum atomic E-state index is 16.7. The van der Waals surface area contributed by atoms with Gasteiger partial charge in [-0.3, -0.25) is 9.59 Å². The first kappa shape index (κ1) is 47.4. The molecule has 10 rings (SSSR count). The van der Waals surface area contributed by atoms with Crippen LogP contribution in [0.25, 0.3) is 44.5 Å². The molecule has 1 spiro atoms. The number of alkyl carbamates (subject to hydrolysis) is 2. The molecule has 2 saturated heterocycles. The number of halogens is 2. The van der Waals surface area contributed by atoms with E-state index in [1.807, 2.05) is 62.9 Å². The van der Waals surface area contributed by atoms with Gasteiger partial charge in [-0.1, -0.05) is 58.0 Å². The second kappa shape index (κ2) is 18.0. The van der Waals surface area contributed by atoms with Crippen LogP contribution in [0.5, 0.6) is 0 Å². The number of amides is 4. The van der Waals surface area contributed by atoms with E-state index < -0.39 is 30.2 Å². The zero-order chi connectivity index (χ0) is 49.3. The molecule has 4 amide bonds. The van der Waals surface area contributed by atoms with Crippen molar-refractivity contribution in [1.82, 2.24) is 40.4 Å². The molecule has 2 aromatic heterocycles. The number of imidazole rings is 2. The molecule has 4 heterocycles. The predicted octanol–water partition coefficient (Wildman–Crippen LogP) is 9.20. The number of Topliss-reactive ketones (excluding diaryl/α,β-unsaturated/α-hetero) is 1. The number of ether oxygens (including phenoxy) is 2. The molecule has 3 aromatic carbocycles. The third-order valence-electron chi connectivity index (χ3n) is 14.7. The van der Waals surface area contributed by atoms with Crippen molar-refractivity contribution in [2.24, 2.45) is 23.2 Å². The SMILES string of the molecule is CC(C)=O.COC(=O)N[C@H](C(=O)N1CC2(CC2)C[C@H]1c1ncc(-c2ccc3c(c2)C(F)(F)c2cc(-c4ccc5nc([C@@H]6[C@H]7CC[C@H](C7)N6C(=O)[C@@H](NC(=O)OC)C(C)C)[nH]c5c4)ccc2-3)[nH]1)C(C)C. The summed E-state index contributed by atoms with van der Waals surface area (Å²) in [6.07, 6.45) is 5.75. The number of piperidine rings is 1. The van der Waals surface area contributed by atoms with Gasteiger partial charge in [0, 0.05) is 29.3 Å². The smallest absolute Gasteiger partial charge is 0.407 e. The highest BCUT2D eigenvalue weighted by Gasteiger charge is 2.56. The lowest BCUT2D eigenvalue weighted by Gasteiger charge is -2.37. The fraction of sp³-hybridized carbons (Fsp3) is 0.481. The van der Waals surface area contributed by atoms with Gasteiger partial charge in [-0.05, 0) is 122 Å². The second-order valence-electron chi connectivity index (χ2n) is 20.4. The van der Waals surface area contributed by atoms with Crippen LogP contribution in [0.3, 0.4) is 0 Å². The van der Waals surface area contributed by atoms with Crippen molar-refractivity contribution in [3.63, 3.8) is 0 Å². The quantitative estimate of drug-likeness (QED) is 0.106. The van der Waals surface area contributed by atoms with Crippen molar-refractivity contribution in [2.45, 2.75) is 116 Å². The molecule has 5 aliphatic rings. The average molecular weight is 947 g/mol. The number of H-pyrrole nitrogens is 2. The third kappa shape index (κ3) is 8.73. The van der Waals surface area contributed by atoms with Crippen molar-refractivity contribution in [2.75, 3.05) is 20.8 Å². The van der Waals surface area contributed by atoms with E-state index in [9.17, 15) is 24.0 Å². The van der Waals surface area contributed by atoms with Crippen LogP contribution in [0.1, 0.15) is 115 Å². The molecule has 364 valence electrons. The predicted molar refractivity (Wildman–Crippen MR) is 254 cm³/mol. The van der Waals surface area contributed by atoms with Crippen molar-refractivity contribution in [3.8, 4) is 33.5 Å². The van der Waals surface area contributed by atoms with E-state index in [0.717, 1.165) is 49.6 Å². The van der Waals surface area contributed by atoms with E-state index in [2.05, 4.69) is 20.6 Å². The number of aromatic amines is 2. The van der Waals surface area contributed by atoms with Crippen LogP contribution in [0, 0.1) is 23.2 Å². The van der Waals surface area contributed by atoms with Gasteiger partial charge >= 0.3 is 12.2 Å². The first-order chi connectivity index (χ1) is 32.8. The maximum Gasteiger partial charge on any atom is 0.407 e. The minimum atomic E-state index is -3.29. The number of hydrogen-bond acceptors (Lipinski definition) is 9. The Hall–Kier alpha value is -6.65. The fourth-order valence-electron chi connectivity index (χ4n) is 11.0. The highest BCUT2D eigenvalue weighted by atomic mass is 19.3. The number of rotatable bonds is 10. The van der Waals surface area contributed by atoms with Crippen LogP contribution >= 0.6 is 0 Å². The van der Waals surface area contributed by atoms with Gasteiger partial charge in [0.2, 0.25) is 11.8 Å². The Morgan fingerprint density at radius 3 is 1.96 bits per heavy atom. The van der Waals surface area contributed by atoms with E-state index in [1.54, 1.807) is 29.3 Å². The first-order valence-electron chi connectivity index (χ1n) is 23.8. The summed E-state index contributed by atoms with van der Waals surface area (Å²) in [5, 5.41) is 5.43. The molecule has 4 fully saturated rings. The number of fused-ring (bicyclic) bond motifs is 6. The molecule has 5 aromatic rings. The fourth-order valence-corrected chi connectivity index (χ4v) is 11.0. The summed E-state index contributed by atoms with van der Waals surface area (Å²) in [6.45, 7) is 11.1. The van der Waals surface area contributed by atoms with E-state index in [-0.39, 0.29) is 70.0 Å². The highest BCUT2D eigenvalue weighted by molar-refractivity contribution is 5.89. The zero-order valence-electron chi connectivity index (χ0n) is 40.2. The van der Waals surface area contributed by atoms with E-state index in [1.165, 1.54) is 34.1 Å². The summed E-state index contributed by atoms with van der Waals surface area (Å²) in [5.74, 6) is -2.36. The molecule has 2 saturated carbocycles. The van der Waals surface area contributed by atoms with Gasteiger partial charge in [0.25, 0.3) is 5.92 Å². The van der Waals surface area contributed by atoms with Crippen LogP contribution in [-0.2, 0) is 29.8 Å². The molecule has 17 heteroatoms. The normalized spacial score (nSPS) is 22.0. The minimum Gasteiger partial charge on any atom is -0.453 e. The Balaban J connectivity index is 0.00000143. The molecule has 0 radical (unpaired) electrons. The third-order valence-corrected chi connectivity index (χ3v) is 14.7. The standard InChI is InChI=1S/C49H54F2N8O6.C3H6O/c1-24(2)39(56-46(62)64-5)44(60)58-23-48(15-16-48)21-38(58)42-52-22-37(55-42)28-9-13-32-31-12-8-26(18-33(31)49(50,51)34(32)19-28)27-10-14-35-36(20-27)54-43(53-35)41-29-7-11-30(17-29)59(41)45(61)40(25(3)4)57-47(63)65-6;1-3(2)4/h8-10,12-14,18-20,22,24-25,29-30,38-41H,7,11,15-17,21,23H2,1-6H3,(H,52,55)(H,53,54)(H,56,62)(H,57,63);1-2H3/t29-,30+,38-,39-,40-,41-;/m0./s1. The topological polar surface area (TPSA) is 192 Å². The highest BCUT2D eigenvalue weighted by Crippen LogP contribution is 2.59. The number of alkyl halides is 2. The summed E-state index contributed by atoms with van der Waals surface area (Å²) >= 11 is 0. The Morgan fingerprint density at radius 2 is 1.35 bits per heavy atom. The molecule has 0 unspecified atom stereocenters. The Kier molecular flexibility index (Phi) is 12.4.